The minimum Gasteiger partial charge on any atom is -0.383 e. The number of piperidine rings is 1. The monoisotopic (exact) mass is 409 g/mol. The van der Waals surface area contributed by atoms with E-state index in [-0.39, 0.29) is 23.3 Å². The lowest BCUT2D eigenvalue weighted by Crippen LogP contribution is -2.35. The van der Waals surface area contributed by atoms with Crippen molar-refractivity contribution in [2.75, 3.05) is 23.7 Å². The summed E-state index contributed by atoms with van der Waals surface area (Å²) in [7, 11) is 0. The number of carbonyl (C=O) groups excluding carboxylic acids is 1. The molecule has 10 heteroatoms. The molecule has 2 aromatic rings. The summed E-state index contributed by atoms with van der Waals surface area (Å²) < 4.78 is 0. The molecule has 1 atom stereocenters. The highest BCUT2D eigenvalue weighted by Crippen LogP contribution is 2.20. The molecule has 1 amide bonds. The second kappa shape index (κ2) is 10.5. The number of carbonyl (C=O) groups is 1. The number of nitrogens with one attached hydrogen (secondary N) is 4. The van der Waals surface area contributed by atoms with Gasteiger partial charge in [-0.3, -0.25) is 4.79 Å². The second-order valence-electron chi connectivity index (χ2n) is 7.51. The van der Waals surface area contributed by atoms with Crippen molar-refractivity contribution in [3.8, 4) is 6.07 Å². The van der Waals surface area contributed by atoms with Crippen LogP contribution in [-0.2, 0) is 0 Å². The molecule has 1 unspecified atom stereocenters. The fraction of sp³-hybridized carbons (Fsp3) is 0.500. The lowest BCUT2D eigenvalue weighted by molar-refractivity contribution is 0.0938. The molecule has 0 aromatic carbocycles. The van der Waals surface area contributed by atoms with E-state index in [2.05, 4.69) is 41.4 Å². The van der Waals surface area contributed by atoms with Gasteiger partial charge in [0.1, 0.15) is 11.9 Å². The molecule has 30 heavy (non-hydrogen) atoms. The van der Waals surface area contributed by atoms with Gasteiger partial charge in [-0.15, -0.1) is 10.2 Å². The summed E-state index contributed by atoms with van der Waals surface area (Å²) in [5.74, 6) is 0.578. The molecule has 0 saturated carbocycles. The minimum atomic E-state index is -0.277. The Kier molecular flexibility index (Phi) is 7.45. The molecule has 0 spiro atoms. The largest absolute Gasteiger partial charge is 0.383 e. The number of nitrogens with zero attached hydrogens (tertiary/aromatic N) is 5. The van der Waals surface area contributed by atoms with Gasteiger partial charge in [-0.2, -0.15) is 5.26 Å². The van der Waals surface area contributed by atoms with Gasteiger partial charge in [-0.05, 0) is 39.7 Å². The molecular formula is C20H27N9O. The van der Waals surface area contributed by atoms with Gasteiger partial charge < -0.3 is 21.3 Å². The molecule has 158 valence electrons. The first-order valence-corrected chi connectivity index (χ1v) is 10.2. The summed E-state index contributed by atoms with van der Waals surface area (Å²) in [4.78, 5) is 20.6. The molecule has 3 rings (SSSR count). The maximum absolute atomic E-state index is 12.5. The number of hydrogen-bond donors (Lipinski definition) is 4. The van der Waals surface area contributed by atoms with Crippen LogP contribution in [0.2, 0.25) is 0 Å². The number of rotatable bonds is 8. The van der Waals surface area contributed by atoms with Gasteiger partial charge in [-0.25, -0.2) is 9.97 Å². The van der Waals surface area contributed by atoms with Crippen LogP contribution in [0, 0.1) is 11.3 Å². The molecule has 10 nitrogen and oxygen atoms in total. The van der Waals surface area contributed by atoms with Crippen LogP contribution >= 0.6 is 0 Å². The van der Waals surface area contributed by atoms with Crippen LogP contribution in [-0.4, -0.2) is 51.2 Å². The maximum atomic E-state index is 12.5. The van der Waals surface area contributed by atoms with Crippen LogP contribution in [0.25, 0.3) is 0 Å². The van der Waals surface area contributed by atoms with E-state index in [9.17, 15) is 4.79 Å². The Hall–Kier alpha value is -3.32. The lowest BCUT2D eigenvalue weighted by Gasteiger charge is -2.23. The van der Waals surface area contributed by atoms with E-state index >= 15 is 0 Å². The fourth-order valence-corrected chi connectivity index (χ4v) is 3.22. The number of amides is 1. The summed E-state index contributed by atoms with van der Waals surface area (Å²) in [6, 6.07) is 4.13. The van der Waals surface area contributed by atoms with Crippen molar-refractivity contribution in [3.05, 3.63) is 29.8 Å². The highest BCUT2D eigenvalue weighted by molar-refractivity contribution is 5.98. The van der Waals surface area contributed by atoms with E-state index in [1.807, 2.05) is 19.9 Å². The topological polar surface area (TPSA) is 141 Å². The second-order valence-corrected chi connectivity index (χ2v) is 7.51. The van der Waals surface area contributed by atoms with Crippen molar-refractivity contribution in [1.29, 1.82) is 5.26 Å². The van der Waals surface area contributed by atoms with Gasteiger partial charge >= 0.3 is 0 Å². The van der Waals surface area contributed by atoms with Crippen LogP contribution in [0.1, 0.15) is 55.7 Å². The summed E-state index contributed by atoms with van der Waals surface area (Å²) in [5, 5.41) is 29.8. The van der Waals surface area contributed by atoms with E-state index in [1.165, 1.54) is 31.7 Å². The van der Waals surface area contributed by atoms with Crippen molar-refractivity contribution in [2.45, 2.75) is 51.6 Å². The van der Waals surface area contributed by atoms with Gasteiger partial charge in [0.05, 0.1) is 18.1 Å². The first kappa shape index (κ1) is 21.4. The van der Waals surface area contributed by atoms with Crippen molar-refractivity contribution in [2.24, 2.45) is 0 Å². The van der Waals surface area contributed by atoms with Crippen LogP contribution in [0.15, 0.2) is 18.5 Å². The van der Waals surface area contributed by atoms with Gasteiger partial charge in [0.25, 0.3) is 5.91 Å². The molecule has 0 aliphatic carbocycles. The number of anilines is 3. The zero-order valence-corrected chi connectivity index (χ0v) is 17.3. The highest BCUT2D eigenvalue weighted by atomic mass is 16.2. The third-order valence-electron chi connectivity index (χ3n) is 4.67. The zero-order chi connectivity index (χ0) is 21.3. The number of aromatic nitrogens is 4. The third-order valence-corrected chi connectivity index (χ3v) is 4.67. The van der Waals surface area contributed by atoms with E-state index in [0.717, 1.165) is 13.0 Å². The maximum Gasteiger partial charge on any atom is 0.274 e. The van der Waals surface area contributed by atoms with Gasteiger partial charge in [0.2, 0.25) is 0 Å². The van der Waals surface area contributed by atoms with Crippen LogP contribution in [0.3, 0.4) is 0 Å². The van der Waals surface area contributed by atoms with Crippen LogP contribution < -0.4 is 21.3 Å². The Morgan fingerprint density at radius 3 is 2.80 bits per heavy atom. The Bertz CT molecular complexity index is 886. The van der Waals surface area contributed by atoms with E-state index in [0.29, 0.717) is 29.9 Å². The van der Waals surface area contributed by atoms with Gasteiger partial charge in [0.15, 0.2) is 17.2 Å². The Labute approximate surface area is 175 Å². The zero-order valence-electron chi connectivity index (χ0n) is 17.3. The van der Waals surface area contributed by atoms with E-state index in [1.54, 1.807) is 6.07 Å². The Morgan fingerprint density at radius 2 is 2.13 bits per heavy atom. The highest BCUT2D eigenvalue weighted by Gasteiger charge is 2.18. The minimum absolute atomic E-state index is 0.00897. The number of hydrogen-bond acceptors (Lipinski definition) is 9. The number of nitriles is 1. The molecule has 4 N–H and O–H groups in total. The quantitative estimate of drug-likeness (QED) is 0.515. The van der Waals surface area contributed by atoms with Crippen LogP contribution in [0.4, 0.5) is 17.3 Å². The lowest BCUT2D eigenvalue weighted by atomic mass is 10.0. The average molecular weight is 409 g/mol. The predicted molar refractivity (Wildman–Crippen MR) is 113 cm³/mol. The molecule has 2 aromatic heterocycles. The Balaban J connectivity index is 1.73. The smallest absolute Gasteiger partial charge is 0.274 e. The standard InChI is InChI=1S/C20H27N9O/c1-13(2)26-20(30)19-16(23-8-6-14-5-3-4-7-22-14)9-17(28-29-19)27-18-12-24-15(10-21)11-25-18/h9,11-14,22H,3-8H2,1-2H3,(H,26,30)(H2,23,25,27,28). The molecule has 1 aliphatic rings. The molecule has 1 saturated heterocycles. The fourth-order valence-electron chi connectivity index (χ4n) is 3.22. The van der Waals surface area contributed by atoms with E-state index < -0.39 is 0 Å². The summed E-state index contributed by atoms with van der Waals surface area (Å²) in [5.41, 5.74) is 1.07. The summed E-state index contributed by atoms with van der Waals surface area (Å²) in [6.45, 7) is 5.56. The Morgan fingerprint density at radius 1 is 1.27 bits per heavy atom. The van der Waals surface area contributed by atoms with Crippen molar-refractivity contribution >= 4 is 23.2 Å². The molecule has 0 bridgehead atoms. The normalized spacial score (nSPS) is 16.0. The molecule has 1 fully saturated rings. The average Bonchev–Trinajstić information content (AvgIpc) is 2.75. The molecular weight excluding hydrogens is 382 g/mol. The predicted octanol–water partition coefficient (Wildman–Crippen LogP) is 1.96. The first-order chi connectivity index (χ1) is 14.5. The summed E-state index contributed by atoms with van der Waals surface area (Å²) >= 11 is 0. The summed E-state index contributed by atoms with van der Waals surface area (Å²) in [6.07, 6.45) is 7.41. The van der Waals surface area contributed by atoms with Crippen molar-refractivity contribution in [3.63, 3.8) is 0 Å². The van der Waals surface area contributed by atoms with Crippen molar-refractivity contribution < 1.29 is 4.79 Å². The molecule has 3 heterocycles. The molecule has 1 aliphatic heterocycles. The SMILES string of the molecule is CC(C)NC(=O)c1nnc(Nc2cnc(C#N)cn2)cc1NCCC1CCCCN1. The van der Waals surface area contributed by atoms with E-state index in [4.69, 9.17) is 5.26 Å². The van der Waals surface area contributed by atoms with Crippen LogP contribution in [0.5, 0.6) is 0 Å². The van der Waals surface area contributed by atoms with Gasteiger partial charge in [0, 0.05) is 24.7 Å². The first-order valence-electron chi connectivity index (χ1n) is 10.2. The molecule has 0 radical (unpaired) electrons. The van der Waals surface area contributed by atoms with Crippen molar-refractivity contribution in [1.82, 2.24) is 30.8 Å². The van der Waals surface area contributed by atoms with Gasteiger partial charge in [-0.1, -0.05) is 6.42 Å². The third kappa shape index (κ3) is 6.09.